The molecule has 1 saturated heterocycles. The van der Waals surface area contributed by atoms with Gasteiger partial charge >= 0.3 is 5.97 Å². The topological polar surface area (TPSA) is 86.7 Å². The largest absolute Gasteiger partial charge is 0.480 e. The first-order valence-corrected chi connectivity index (χ1v) is 8.65. The lowest BCUT2D eigenvalue weighted by Gasteiger charge is -2.37. The van der Waals surface area contributed by atoms with Gasteiger partial charge in [0.05, 0.1) is 0 Å². The van der Waals surface area contributed by atoms with Gasteiger partial charge in [0.1, 0.15) is 12.1 Å². The minimum Gasteiger partial charge on any atom is -0.480 e. The zero-order valence-electron chi connectivity index (χ0n) is 14.8. The number of hydrogen-bond acceptors (Lipinski definition) is 3. The van der Waals surface area contributed by atoms with Gasteiger partial charge < -0.3 is 15.3 Å². The third-order valence-electron chi connectivity index (χ3n) is 5.41. The highest BCUT2D eigenvalue weighted by atomic mass is 19.3. The number of likely N-dealkylation sites (tertiary alicyclic amines) is 1. The Kier molecular flexibility index (Phi) is 5.39. The Labute approximate surface area is 145 Å². The smallest absolute Gasteiger partial charge is 0.326 e. The monoisotopic (exact) mass is 360 g/mol. The number of carbonyl (C=O) groups excluding carboxylic acids is 2. The van der Waals surface area contributed by atoms with Crippen LogP contribution in [0.1, 0.15) is 52.9 Å². The van der Waals surface area contributed by atoms with E-state index in [0.29, 0.717) is 0 Å². The molecule has 1 saturated carbocycles. The van der Waals surface area contributed by atoms with E-state index in [-0.39, 0.29) is 50.5 Å². The summed E-state index contributed by atoms with van der Waals surface area (Å²) in [6, 6.07) is -1.85. The molecule has 1 aliphatic heterocycles. The molecular weight excluding hydrogens is 334 g/mol. The number of aliphatic carboxylic acids is 1. The van der Waals surface area contributed by atoms with Crippen molar-refractivity contribution in [2.24, 2.45) is 11.3 Å². The third-order valence-corrected chi connectivity index (χ3v) is 5.41. The maximum Gasteiger partial charge on any atom is 0.326 e. The molecule has 0 aromatic heterocycles. The van der Waals surface area contributed by atoms with Crippen LogP contribution in [0.2, 0.25) is 0 Å². The van der Waals surface area contributed by atoms with Crippen LogP contribution in [0.25, 0.3) is 0 Å². The molecule has 2 N–H and O–H groups in total. The molecule has 0 unspecified atom stereocenters. The van der Waals surface area contributed by atoms with E-state index in [9.17, 15) is 28.3 Å². The lowest BCUT2D eigenvalue weighted by atomic mass is 9.71. The standard InChI is InChI=1S/C17H26F2N2O4/c1-10(2)13(20-11(3)22)14(23)21-9-16(8-12(21)15(24)25)4-6-17(18,19)7-5-16/h10,12-13H,4-9H2,1-3H3,(H,20,22)(H,24,25)/t12-,13-/m0/s1. The molecule has 0 aromatic rings. The molecule has 2 fully saturated rings. The molecule has 6 nitrogen and oxygen atoms in total. The molecule has 1 aliphatic carbocycles. The molecule has 2 rings (SSSR count). The fourth-order valence-corrected chi connectivity index (χ4v) is 3.93. The van der Waals surface area contributed by atoms with Crippen LogP contribution in [-0.4, -0.2) is 52.3 Å². The summed E-state index contributed by atoms with van der Waals surface area (Å²) in [5, 5.41) is 12.1. The van der Waals surface area contributed by atoms with Crippen molar-refractivity contribution in [2.45, 2.75) is 70.9 Å². The predicted molar refractivity (Wildman–Crippen MR) is 86.0 cm³/mol. The Morgan fingerprint density at radius 3 is 2.16 bits per heavy atom. The number of carbonyl (C=O) groups is 3. The first-order valence-electron chi connectivity index (χ1n) is 8.65. The van der Waals surface area contributed by atoms with Gasteiger partial charge in [-0.05, 0) is 30.6 Å². The van der Waals surface area contributed by atoms with Crippen LogP contribution in [-0.2, 0) is 14.4 Å². The van der Waals surface area contributed by atoms with Crippen LogP contribution in [0.3, 0.4) is 0 Å². The minimum atomic E-state index is -2.71. The van der Waals surface area contributed by atoms with Crippen molar-refractivity contribution in [2.75, 3.05) is 6.54 Å². The summed E-state index contributed by atoms with van der Waals surface area (Å²) in [6.45, 7) is 4.98. The maximum atomic E-state index is 13.5. The van der Waals surface area contributed by atoms with Crippen molar-refractivity contribution in [1.29, 1.82) is 0 Å². The number of alkyl halides is 2. The Balaban J connectivity index is 2.21. The summed E-state index contributed by atoms with van der Waals surface area (Å²) in [6.07, 6.45) is 0.0521. The van der Waals surface area contributed by atoms with Gasteiger partial charge in [-0.2, -0.15) is 0 Å². The van der Waals surface area contributed by atoms with Crippen LogP contribution < -0.4 is 5.32 Å². The third kappa shape index (κ3) is 4.27. The average Bonchev–Trinajstić information content (AvgIpc) is 2.88. The van der Waals surface area contributed by atoms with Gasteiger partial charge in [-0.1, -0.05) is 13.8 Å². The summed E-state index contributed by atoms with van der Waals surface area (Å²) < 4.78 is 27.0. The normalized spacial score (nSPS) is 25.8. The second-order valence-electron chi connectivity index (χ2n) is 7.80. The van der Waals surface area contributed by atoms with Crippen molar-refractivity contribution < 1.29 is 28.3 Å². The van der Waals surface area contributed by atoms with Gasteiger partial charge in [-0.25, -0.2) is 13.6 Å². The summed E-state index contributed by atoms with van der Waals surface area (Å²) in [7, 11) is 0. The van der Waals surface area contributed by atoms with Gasteiger partial charge in [0.25, 0.3) is 0 Å². The van der Waals surface area contributed by atoms with Crippen LogP contribution in [0.4, 0.5) is 8.78 Å². The summed E-state index contributed by atoms with van der Waals surface area (Å²) >= 11 is 0. The zero-order chi connectivity index (χ0) is 19.0. The fraction of sp³-hybridized carbons (Fsp3) is 0.824. The van der Waals surface area contributed by atoms with Crippen molar-refractivity contribution in [3.63, 3.8) is 0 Å². The summed E-state index contributed by atoms with van der Waals surface area (Å²) in [5.74, 6) is -4.87. The molecule has 2 aliphatic rings. The first-order chi connectivity index (χ1) is 11.5. The number of nitrogens with one attached hydrogen (secondary N) is 1. The minimum absolute atomic E-state index is 0.154. The Hall–Kier alpha value is -1.73. The van der Waals surface area contributed by atoms with Gasteiger partial charge in [0, 0.05) is 26.3 Å². The molecule has 0 aromatic carbocycles. The van der Waals surface area contributed by atoms with E-state index in [1.54, 1.807) is 13.8 Å². The van der Waals surface area contributed by atoms with Gasteiger partial charge in [0.2, 0.25) is 17.7 Å². The molecule has 25 heavy (non-hydrogen) atoms. The number of nitrogens with zero attached hydrogens (tertiary/aromatic N) is 1. The number of hydrogen-bond donors (Lipinski definition) is 2. The van der Waals surface area contributed by atoms with E-state index in [1.807, 2.05) is 0 Å². The number of carboxylic acid groups (broad SMARTS) is 1. The second-order valence-corrected chi connectivity index (χ2v) is 7.80. The molecule has 2 amide bonds. The van der Waals surface area contributed by atoms with E-state index in [2.05, 4.69) is 5.32 Å². The SMILES string of the molecule is CC(=O)N[C@H](C(=O)N1CC2(CCC(F)(F)CC2)C[C@H]1C(=O)O)C(C)C. The Morgan fingerprint density at radius 1 is 1.16 bits per heavy atom. The Morgan fingerprint density at radius 2 is 1.72 bits per heavy atom. The highest BCUT2D eigenvalue weighted by Gasteiger charge is 2.53. The molecule has 8 heteroatoms. The van der Waals surface area contributed by atoms with E-state index in [1.165, 1.54) is 11.8 Å². The maximum absolute atomic E-state index is 13.5. The summed E-state index contributed by atoms with van der Waals surface area (Å²) in [5.41, 5.74) is -0.571. The van der Waals surface area contributed by atoms with Crippen molar-refractivity contribution in [3.05, 3.63) is 0 Å². The van der Waals surface area contributed by atoms with Gasteiger partial charge in [0.15, 0.2) is 0 Å². The van der Waals surface area contributed by atoms with Crippen LogP contribution in [0.5, 0.6) is 0 Å². The quantitative estimate of drug-likeness (QED) is 0.803. The van der Waals surface area contributed by atoms with E-state index in [0.717, 1.165) is 0 Å². The number of halogens is 2. The van der Waals surface area contributed by atoms with Gasteiger partial charge in [-0.15, -0.1) is 0 Å². The molecule has 2 atom stereocenters. The van der Waals surface area contributed by atoms with Crippen molar-refractivity contribution in [3.8, 4) is 0 Å². The lowest BCUT2D eigenvalue weighted by molar-refractivity contribution is -0.149. The molecule has 1 heterocycles. The summed E-state index contributed by atoms with van der Waals surface area (Å²) in [4.78, 5) is 37.2. The number of rotatable bonds is 4. The van der Waals surface area contributed by atoms with Crippen LogP contribution in [0.15, 0.2) is 0 Å². The lowest BCUT2D eigenvalue weighted by Crippen LogP contribution is -2.53. The van der Waals surface area contributed by atoms with E-state index in [4.69, 9.17) is 0 Å². The first kappa shape index (κ1) is 19.6. The average molecular weight is 360 g/mol. The van der Waals surface area contributed by atoms with Crippen LogP contribution in [0, 0.1) is 11.3 Å². The molecule has 142 valence electrons. The van der Waals surface area contributed by atoms with E-state index < -0.39 is 35.3 Å². The zero-order valence-corrected chi connectivity index (χ0v) is 14.8. The molecule has 0 radical (unpaired) electrons. The highest BCUT2D eigenvalue weighted by Crippen LogP contribution is 2.50. The molecule has 1 spiro atoms. The number of carboxylic acids is 1. The van der Waals surface area contributed by atoms with Crippen molar-refractivity contribution in [1.82, 2.24) is 10.2 Å². The predicted octanol–water partition coefficient (Wildman–Crippen LogP) is 2.03. The highest BCUT2D eigenvalue weighted by molar-refractivity contribution is 5.90. The molecule has 0 bridgehead atoms. The van der Waals surface area contributed by atoms with E-state index >= 15 is 0 Å². The fourth-order valence-electron chi connectivity index (χ4n) is 3.93. The van der Waals surface area contributed by atoms with Crippen molar-refractivity contribution >= 4 is 17.8 Å². The van der Waals surface area contributed by atoms with Gasteiger partial charge in [-0.3, -0.25) is 9.59 Å². The Bertz CT molecular complexity index is 555. The number of amides is 2. The molecular formula is C17H26F2N2O4. The second kappa shape index (κ2) is 6.88. The van der Waals surface area contributed by atoms with Crippen LogP contribution >= 0.6 is 0 Å².